The summed E-state index contributed by atoms with van der Waals surface area (Å²) in [6.07, 6.45) is 1.86. The Hall–Kier alpha value is -0.750. The second-order valence-electron chi connectivity index (χ2n) is 4.87. The number of nitrogens with two attached hydrogens (primary N) is 1. The van der Waals surface area contributed by atoms with Gasteiger partial charge in [0.25, 0.3) is 5.91 Å². The number of hydrogen-bond donors (Lipinski definition) is 1. The van der Waals surface area contributed by atoms with Gasteiger partial charge >= 0.3 is 0 Å². The van der Waals surface area contributed by atoms with Gasteiger partial charge in [-0.1, -0.05) is 11.6 Å². The molecule has 0 saturated carbocycles. The second kappa shape index (κ2) is 6.80. The fraction of sp³-hybridized carbons (Fsp3) is 0.500. The molecule has 4 nitrogen and oxygen atoms in total. The Morgan fingerprint density at radius 2 is 2.35 bits per heavy atom. The molecular formula is C14H19ClN2O2S. The smallest absolute Gasteiger partial charge is 0.255 e. The molecule has 2 atom stereocenters. The second-order valence-corrected chi connectivity index (χ2v) is 6.15. The van der Waals surface area contributed by atoms with E-state index in [1.54, 1.807) is 22.7 Å². The number of benzene rings is 1. The van der Waals surface area contributed by atoms with Crippen molar-refractivity contribution in [2.75, 3.05) is 26.0 Å². The van der Waals surface area contributed by atoms with Gasteiger partial charge in [0.15, 0.2) is 0 Å². The topological polar surface area (TPSA) is 55.6 Å². The number of amides is 1. The molecule has 1 aromatic rings. The summed E-state index contributed by atoms with van der Waals surface area (Å²) in [5.74, 6) is -0.0557. The summed E-state index contributed by atoms with van der Waals surface area (Å²) in [6.45, 7) is 3.48. The first-order valence-electron chi connectivity index (χ1n) is 6.53. The van der Waals surface area contributed by atoms with Crippen LogP contribution >= 0.6 is 23.4 Å². The molecule has 1 aromatic carbocycles. The number of carbonyl (C=O) groups is 1. The summed E-state index contributed by atoms with van der Waals surface area (Å²) in [4.78, 5) is 15.4. The number of carbonyl (C=O) groups excluding carboxylic acids is 1. The van der Waals surface area contributed by atoms with Crippen molar-refractivity contribution in [3.8, 4) is 0 Å². The Balaban J connectivity index is 2.18. The maximum absolute atomic E-state index is 12.6. The van der Waals surface area contributed by atoms with Crippen LogP contribution in [0.15, 0.2) is 23.1 Å². The molecule has 2 unspecified atom stereocenters. The molecule has 0 bridgehead atoms. The minimum absolute atomic E-state index is 0.0557. The van der Waals surface area contributed by atoms with Crippen molar-refractivity contribution in [3.05, 3.63) is 28.8 Å². The van der Waals surface area contributed by atoms with Gasteiger partial charge < -0.3 is 15.4 Å². The van der Waals surface area contributed by atoms with E-state index in [1.807, 2.05) is 25.3 Å². The van der Waals surface area contributed by atoms with Crippen molar-refractivity contribution >= 4 is 29.3 Å². The fourth-order valence-electron chi connectivity index (χ4n) is 2.14. The van der Waals surface area contributed by atoms with E-state index >= 15 is 0 Å². The van der Waals surface area contributed by atoms with Crippen molar-refractivity contribution in [3.63, 3.8) is 0 Å². The molecule has 1 aliphatic rings. The lowest BCUT2D eigenvalue weighted by molar-refractivity contribution is -0.0300. The van der Waals surface area contributed by atoms with Crippen LogP contribution in [-0.4, -0.2) is 48.9 Å². The molecule has 1 amide bonds. The molecule has 2 N–H and O–H groups in total. The largest absolute Gasteiger partial charge is 0.373 e. The van der Waals surface area contributed by atoms with E-state index in [1.165, 1.54) is 0 Å². The lowest BCUT2D eigenvalue weighted by atomic mass is 10.1. The summed E-state index contributed by atoms with van der Waals surface area (Å²) >= 11 is 7.74. The number of rotatable bonds is 3. The zero-order valence-corrected chi connectivity index (χ0v) is 13.2. The summed E-state index contributed by atoms with van der Waals surface area (Å²) in [7, 11) is 0. The van der Waals surface area contributed by atoms with Crippen molar-refractivity contribution in [1.29, 1.82) is 0 Å². The van der Waals surface area contributed by atoms with Crippen LogP contribution in [0, 0.1) is 0 Å². The van der Waals surface area contributed by atoms with Crippen LogP contribution in [-0.2, 0) is 4.74 Å². The molecule has 0 aromatic heterocycles. The summed E-state index contributed by atoms with van der Waals surface area (Å²) in [5.41, 5.74) is 6.40. The van der Waals surface area contributed by atoms with E-state index in [2.05, 4.69) is 0 Å². The molecular weight excluding hydrogens is 296 g/mol. The first-order valence-corrected chi connectivity index (χ1v) is 8.13. The normalized spacial score (nSPS) is 20.8. The van der Waals surface area contributed by atoms with E-state index in [9.17, 15) is 4.79 Å². The molecule has 0 radical (unpaired) electrons. The van der Waals surface area contributed by atoms with Gasteiger partial charge in [0.05, 0.1) is 23.3 Å². The van der Waals surface area contributed by atoms with Gasteiger partial charge in [-0.25, -0.2) is 0 Å². The first kappa shape index (κ1) is 15.6. The Morgan fingerprint density at radius 3 is 3.00 bits per heavy atom. The lowest BCUT2D eigenvalue weighted by Crippen LogP contribution is -2.51. The molecule has 1 saturated heterocycles. The number of halogens is 1. The molecule has 20 heavy (non-hydrogen) atoms. The maximum Gasteiger partial charge on any atom is 0.255 e. The molecule has 2 rings (SSSR count). The monoisotopic (exact) mass is 314 g/mol. The SMILES string of the molecule is CSc1ccc(Cl)c(C(=O)N2CCOC(C(C)N)C2)c1. The van der Waals surface area contributed by atoms with Crippen LogP contribution in [0.5, 0.6) is 0 Å². The van der Waals surface area contributed by atoms with Crippen LogP contribution in [0.2, 0.25) is 5.02 Å². The van der Waals surface area contributed by atoms with Gasteiger partial charge in [0, 0.05) is 24.0 Å². The Kier molecular flexibility index (Phi) is 5.32. The van der Waals surface area contributed by atoms with E-state index in [0.717, 1.165) is 4.90 Å². The van der Waals surface area contributed by atoms with Crippen molar-refractivity contribution in [1.82, 2.24) is 4.90 Å². The van der Waals surface area contributed by atoms with Crippen LogP contribution in [0.1, 0.15) is 17.3 Å². The zero-order valence-electron chi connectivity index (χ0n) is 11.6. The van der Waals surface area contributed by atoms with Crippen molar-refractivity contribution in [2.24, 2.45) is 5.73 Å². The fourth-order valence-corrected chi connectivity index (χ4v) is 2.78. The molecule has 110 valence electrons. The average Bonchev–Trinajstić information content (AvgIpc) is 2.47. The van der Waals surface area contributed by atoms with Crippen molar-refractivity contribution < 1.29 is 9.53 Å². The molecule has 1 fully saturated rings. The van der Waals surface area contributed by atoms with Gasteiger partial charge in [0.1, 0.15) is 0 Å². The van der Waals surface area contributed by atoms with Gasteiger partial charge in [-0.3, -0.25) is 4.79 Å². The van der Waals surface area contributed by atoms with E-state index in [0.29, 0.717) is 30.3 Å². The predicted octanol–water partition coefficient (Wildman–Crippen LogP) is 2.25. The third-order valence-electron chi connectivity index (χ3n) is 3.37. The van der Waals surface area contributed by atoms with Gasteiger partial charge in [0.2, 0.25) is 0 Å². The Morgan fingerprint density at radius 1 is 1.60 bits per heavy atom. The number of nitrogens with zero attached hydrogens (tertiary/aromatic N) is 1. The van der Waals surface area contributed by atoms with Gasteiger partial charge in [-0.05, 0) is 31.4 Å². The quantitative estimate of drug-likeness (QED) is 0.869. The molecule has 1 heterocycles. The van der Waals surface area contributed by atoms with Gasteiger partial charge in [-0.2, -0.15) is 0 Å². The predicted molar refractivity (Wildman–Crippen MR) is 82.5 cm³/mol. The Labute approximate surface area is 128 Å². The third-order valence-corrected chi connectivity index (χ3v) is 4.43. The van der Waals surface area contributed by atoms with Gasteiger partial charge in [-0.15, -0.1) is 11.8 Å². The summed E-state index contributed by atoms with van der Waals surface area (Å²) in [6, 6.07) is 5.42. The third kappa shape index (κ3) is 3.47. The maximum atomic E-state index is 12.6. The van der Waals surface area contributed by atoms with E-state index in [-0.39, 0.29) is 18.1 Å². The number of morpholine rings is 1. The van der Waals surface area contributed by atoms with E-state index in [4.69, 9.17) is 22.1 Å². The minimum atomic E-state index is -0.116. The first-order chi connectivity index (χ1) is 9.52. The number of thioether (sulfide) groups is 1. The lowest BCUT2D eigenvalue weighted by Gasteiger charge is -2.35. The summed E-state index contributed by atoms with van der Waals surface area (Å²) in [5, 5.41) is 0.483. The average molecular weight is 315 g/mol. The van der Waals surface area contributed by atoms with Crippen LogP contribution in [0.25, 0.3) is 0 Å². The van der Waals surface area contributed by atoms with Crippen LogP contribution < -0.4 is 5.73 Å². The highest BCUT2D eigenvalue weighted by Gasteiger charge is 2.28. The molecule has 1 aliphatic heterocycles. The Bertz CT molecular complexity index is 496. The molecule has 0 aliphatic carbocycles. The van der Waals surface area contributed by atoms with Crippen LogP contribution in [0.4, 0.5) is 0 Å². The molecule has 6 heteroatoms. The summed E-state index contributed by atoms with van der Waals surface area (Å²) < 4.78 is 5.57. The minimum Gasteiger partial charge on any atom is -0.373 e. The highest BCUT2D eigenvalue weighted by Crippen LogP contribution is 2.25. The van der Waals surface area contributed by atoms with E-state index < -0.39 is 0 Å². The highest BCUT2D eigenvalue weighted by molar-refractivity contribution is 7.98. The van der Waals surface area contributed by atoms with Crippen molar-refractivity contribution in [2.45, 2.75) is 24.0 Å². The molecule has 0 spiro atoms. The highest BCUT2D eigenvalue weighted by atomic mass is 35.5. The van der Waals surface area contributed by atoms with Crippen LogP contribution in [0.3, 0.4) is 0 Å². The standard InChI is InChI=1S/C14H19ClN2O2S/c1-9(16)13-8-17(5-6-19-13)14(18)11-7-10(20-2)3-4-12(11)15/h3-4,7,9,13H,5-6,8,16H2,1-2H3. The zero-order chi connectivity index (χ0) is 14.7. The number of hydrogen-bond acceptors (Lipinski definition) is 4. The number of ether oxygens (including phenoxy) is 1.